The van der Waals surface area contributed by atoms with E-state index >= 15 is 0 Å². The maximum atomic E-state index is 12.1. The van der Waals surface area contributed by atoms with E-state index in [1.807, 2.05) is 24.3 Å². The Hall–Kier alpha value is -1.52. The molecular formula is C18H10Br2INO4. The predicted octanol–water partition coefficient (Wildman–Crippen LogP) is 5.09. The molecule has 2 aromatic carbocycles. The van der Waals surface area contributed by atoms with Crippen LogP contribution in [0.4, 0.5) is 0 Å². The number of halogens is 3. The molecule has 0 spiro atoms. The van der Waals surface area contributed by atoms with E-state index in [2.05, 4.69) is 59.4 Å². The summed E-state index contributed by atoms with van der Waals surface area (Å²) in [4.78, 5) is 27.6. The summed E-state index contributed by atoms with van der Waals surface area (Å²) in [7, 11) is 0. The number of benzene rings is 2. The van der Waals surface area contributed by atoms with Gasteiger partial charge in [-0.3, -0.25) is 4.79 Å². The molecule has 2 aromatic rings. The Morgan fingerprint density at radius 2 is 1.81 bits per heavy atom. The molecule has 0 aromatic heterocycles. The normalized spacial score (nSPS) is 15.0. The fourth-order valence-corrected chi connectivity index (χ4v) is 3.93. The highest BCUT2D eigenvalue weighted by Crippen LogP contribution is 2.36. The van der Waals surface area contributed by atoms with Gasteiger partial charge in [-0.15, -0.1) is 0 Å². The van der Waals surface area contributed by atoms with Gasteiger partial charge in [0.1, 0.15) is 0 Å². The van der Waals surface area contributed by atoms with Crippen LogP contribution in [0.2, 0.25) is 0 Å². The van der Waals surface area contributed by atoms with E-state index < -0.39 is 11.9 Å². The summed E-state index contributed by atoms with van der Waals surface area (Å²) in [6.45, 7) is 1.32. The first-order valence-corrected chi connectivity index (χ1v) is 9.96. The van der Waals surface area contributed by atoms with E-state index in [0.717, 1.165) is 9.13 Å². The zero-order valence-electron chi connectivity index (χ0n) is 13.3. The van der Waals surface area contributed by atoms with Crippen LogP contribution in [0.3, 0.4) is 0 Å². The highest BCUT2D eigenvalue weighted by molar-refractivity contribution is 14.1. The van der Waals surface area contributed by atoms with Gasteiger partial charge in [0.15, 0.2) is 11.4 Å². The number of carbonyl (C=O) groups is 2. The van der Waals surface area contributed by atoms with E-state index in [1.165, 1.54) is 6.92 Å². The highest BCUT2D eigenvalue weighted by Gasteiger charge is 2.24. The van der Waals surface area contributed by atoms with Crippen LogP contribution in [0.1, 0.15) is 18.1 Å². The molecule has 0 amide bonds. The minimum absolute atomic E-state index is 0.192. The Morgan fingerprint density at radius 3 is 2.38 bits per heavy atom. The number of rotatable bonds is 3. The largest absolute Gasteiger partial charge is 0.424 e. The van der Waals surface area contributed by atoms with E-state index in [-0.39, 0.29) is 11.6 Å². The molecule has 5 nitrogen and oxygen atoms in total. The average molecular weight is 591 g/mol. The maximum absolute atomic E-state index is 12.1. The Labute approximate surface area is 179 Å². The Morgan fingerprint density at radius 1 is 1.19 bits per heavy atom. The van der Waals surface area contributed by atoms with Gasteiger partial charge >= 0.3 is 11.9 Å². The number of hydrogen-bond donors (Lipinski definition) is 0. The fraction of sp³-hybridized carbons (Fsp3) is 0.0556. The minimum Gasteiger partial charge on any atom is -0.424 e. The molecule has 0 aliphatic carbocycles. The molecule has 1 heterocycles. The molecule has 0 atom stereocenters. The summed E-state index contributed by atoms with van der Waals surface area (Å²) in [6.07, 6.45) is 1.61. The van der Waals surface area contributed by atoms with Crippen molar-refractivity contribution in [3.8, 4) is 5.75 Å². The van der Waals surface area contributed by atoms with Crippen LogP contribution in [0.15, 0.2) is 56.0 Å². The summed E-state index contributed by atoms with van der Waals surface area (Å²) in [5.41, 5.74) is 1.62. The molecule has 0 fully saturated rings. The molecule has 26 heavy (non-hydrogen) atoms. The van der Waals surface area contributed by atoms with Crippen molar-refractivity contribution >= 4 is 78.4 Å². The number of aliphatic imine (C=N–C) groups is 1. The summed E-state index contributed by atoms with van der Waals surface area (Å²) in [6, 6.07) is 11.0. The molecule has 132 valence electrons. The van der Waals surface area contributed by atoms with Crippen LogP contribution in [-0.4, -0.2) is 17.8 Å². The molecule has 1 aliphatic heterocycles. The van der Waals surface area contributed by atoms with E-state index in [9.17, 15) is 9.59 Å². The lowest BCUT2D eigenvalue weighted by atomic mass is 10.2. The average Bonchev–Trinajstić information content (AvgIpc) is 2.92. The number of esters is 2. The second-order valence-corrected chi connectivity index (χ2v) is 8.20. The second-order valence-electron chi connectivity index (χ2n) is 5.25. The van der Waals surface area contributed by atoms with E-state index in [4.69, 9.17) is 9.47 Å². The Bertz CT molecular complexity index is 945. The zero-order valence-corrected chi connectivity index (χ0v) is 18.6. The van der Waals surface area contributed by atoms with Gasteiger partial charge in [0, 0.05) is 16.1 Å². The first-order valence-electron chi connectivity index (χ1n) is 7.29. The number of carbonyl (C=O) groups excluding carboxylic acids is 2. The molecule has 8 heteroatoms. The monoisotopic (exact) mass is 589 g/mol. The summed E-state index contributed by atoms with van der Waals surface area (Å²) >= 11 is 8.91. The number of nitrogens with zero attached hydrogens (tertiary/aromatic N) is 1. The van der Waals surface area contributed by atoms with Crippen molar-refractivity contribution in [1.29, 1.82) is 0 Å². The molecule has 0 bridgehead atoms. The standard InChI is InChI=1S/C18H10Br2INO4/c1-9(23)25-16-13(19)6-10(7-14(16)20)8-15-18(24)26-17(22-15)11-2-4-12(21)5-3-11/h2-8H,1H3/b15-8+. The van der Waals surface area contributed by atoms with Crippen molar-refractivity contribution in [3.05, 3.63) is 65.7 Å². The summed E-state index contributed by atoms with van der Waals surface area (Å²) in [5, 5.41) is 0. The molecular weight excluding hydrogens is 581 g/mol. The zero-order chi connectivity index (χ0) is 18.8. The van der Waals surface area contributed by atoms with Gasteiger partial charge in [-0.1, -0.05) is 0 Å². The summed E-state index contributed by atoms with van der Waals surface area (Å²) < 4.78 is 12.6. The van der Waals surface area contributed by atoms with Crippen molar-refractivity contribution in [3.63, 3.8) is 0 Å². The van der Waals surface area contributed by atoms with Gasteiger partial charge in [0.05, 0.1) is 8.95 Å². The molecule has 0 saturated carbocycles. The first-order chi connectivity index (χ1) is 12.3. The van der Waals surface area contributed by atoms with E-state index in [0.29, 0.717) is 20.3 Å². The van der Waals surface area contributed by atoms with Crippen LogP contribution < -0.4 is 4.74 Å². The second kappa shape index (κ2) is 8.01. The Balaban J connectivity index is 1.93. The molecule has 1 aliphatic rings. The van der Waals surface area contributed by atoms with Gasteiger partial charge in [-0.2, -0.15) is 0 Å². The van der Waals surface area contributed by atoms with Crippen molar-refractivity contribution in [2.75, 3.05) is 0 Å². The van der Waals surface area contributed by atoms with Gasteiger partial charge < -0.3 is 9.47 Å². The molecule has 0 saturated heterocycles. The molecule has 0 radical (unpaired) electrons. The van der Waals surface area contributed by atoms with Crippen LogP contribution >= 0.6 is 54.5 Å². The van der Waals surface area contributed by atoms with Gasteiger partial charge in [-0.05, 0) is 102 Å². The van der Waals surface area contributed by atoms with Gasteiger partial charge in [-0.25, -0.2) is 9.79 Å². The van der Waals surface area contributed by atoms with Crippen LogP contribution in [0.25, 0.3) is 6.08 Å². The third kappa shape index (κ3) is 4.41. The van der Waals surface area contributed by atoms with Crippen molar-refractivity contribution in [2.24, 2.45) is 4.99 Å². The van der Waals surface area contributed by atoms with Crippen molar-refractivity contribution in [1.82, 2.24) is 0 Å². The topological polar surface area (TPSA) is 65.0 Å². The molecule has 0 N–H and O–H groups in total. The van der Waals surface area contributed by atoms with Crippen LogP contribution in [0.5, 0.6) is 5.75 Å². The third-order valence-electron chi connectivity index (χ3n) is 3.28. The lowest BCUT2D eigenvalue weighted by Gasteiger charge is -2.08. The first kappa shape index (κ1) is 19.2. The summed E-state index contributed by atoms with van der Waals surface area (Å²) in [5.74, 6) is -0.303. The van der Waals surface area contributed by atoms with E-state index in [1.54, 1.807) is 18.2 Å². The number of cyclic esters (lactones) is 1. The lowest BCUT2D eigenvalue weighted by molar-refractivity contribution is -0.132. The fourth-order valence-electron chi connectivity index (χ4n) is 2.19. The molecule has 0 unspecified atom stereocenters. The maximum Gasteiger partial charge on any atom is 0.363 e. The Kier molecular flexibility index (Phi) is 5.93. The smallest absolute Gasteiger partial charge is 0.363 e. The van der Waals surface area contributed by atoms with Crippen LogP contribution in [0, 0.1) is 3.57 Å². The van der Waals surface area contributed by atoms with Crippen molar-refractivity contribution < 1.29 is 19.1 Å². The predicted molar refractivity (Wildman–Crippen MR) is 113 cm³/mol. The minimum atomic E-state index is -0.519. The lowest BCUT2D eigenvalue weighted by Crippen LogP contribution is -2.05. The highest BCUT2D eigenvalue weighted by atomic mass is 127. The van der Waals surface area contributed by atoms with Crippen LogP contribution in [-0.2, 0) is 14.3 Å². The quantitative estimate of drug-likeness (QED) is 0.216. The van der Waals surface area contributed by atoms with Crippen molar-refractivity contribution in [2.45, 2.75) is 6.92 Å². The molecule has 3 rings (SSSR count). The van der Waals surface area contributed by atoms with Gasteiger partial charge in [0.2, 0.25) is 5.90 Å². The number of ether oxygens (including phenoxy) is 2. The number of hydrogen-bond acceptors (Lipinski definition) is 5. The van der Waals surface area contributed by atoms with Gasteiger partial charge in [0.25, 0.3) is 0 Å². The SMILES string of the molecule is CC(=O)Oc1c(Br)cc(/C=C2/N=C(c3ccc(I)cc3)OC2=O)cc1Br. The third-order valence-corrected chi connectivity index (χ3v) is 5.18.